The first-order valence-electron chi connectivity index (χ1n) is 3.48. The summed E-state index contributed by atoms with van der Waals surface area (Å²) in [6.45, 7) is -1.45. The van der Waals surface area contributed by atoms with Gasteiger partial charge in [-0.1, -0.05) is 0 Å². The van der Waals surface area contributed by atoms with E-state index in [0.717, 1.165) is 0 Å². The van der Waals surface area contributed by atoms with E-state index in [-0.39, 0.29) is 52.8 Å². The average Bonchev–Trinajstić information content (AvgIpc) is 2.12. The van der Waals surface area contributed by atoms with Crippen molar-refractivity contribution < 1.29 is 83.5 Å². The maximum Gasteiger partial charge on any atom is 1.00 e. The van der Waals surface area contributed by atoms with Crippen molar-refractivity contribution in [3.8, 4) is 0 Å². The predicted molar refractivity (Wildman–Crippen MR) is 39.3 cm³/mol. The molecule has 0 aliphatic rings. The SMILES string of the molecule is OC[C@@H](O)[C@@H](O)[C@H](O)[C@H](O)CO.[H-].[K+]. The molecule has 4 atom stereocenters. The Hall–Kier alpha value is 1.40. The van der Waals surface area contributed by atoms with E-state index in [4.69, 9.17) is 30.6 Å². The minimum Gasteiger partial charge on any atom is -1.00 e. The zero-order valence-corrected chi connectivity index (χ0v) is 10.5. The van der Waals surface area contributed by atoms with Crippen LogP contribution in [0.4, 0.5) is 0 Å². The number of hydrogen-bond acceptors (Lipinski definition) is 6. The molecule has 6 N–H and O–H groups in total. The van der Waals surface area contributed by atoms with Crippen LogP contribution in [-0.4, -0.2) is 68.3 Å². The monoisotopic (exact) mass is 222 g/mol. The fourth-order valence-electron chi connectivity index (χ4n) is 0.671. The van der Waals surface area contributed by atoms with Crippen LogP contribution < -0.4 is 51.4 Å². The molecule has 0 aliphatic carbocycles. The fourth-order valence-corrected chi connectivity index (χ4v) is 0.671. The second-order valence-electron chi connectivity index (χ2n) is 2.48. The van der Waals surface area contributed by atoms with Crippen molar-refractivity contribution in [1.82, 2.24) is 0 Å². The molecule has 0 amide bonds. The van der Waals surface area contributed by atoms with Gasteiger partial charge in [0.15, 0.2) is 0 Å². The minimum absolute atomic E-state index is 0. The maximum atomic E-state index is 8.96. The van der Waals surface area contributed by atoms with Gasteiger partial charge < -0.3 is 32.1 Å². The van der Waals surface area contributed by atoms with Gasteiger partial charge in [-0.2, -0.15) is 0 Å². The van der Waals surface area contributed by atoms with Crippen LogP contribution in [0.15, 0.2) is 0 Å². The van der Waals surface area contributed by atoms with Gasteiger partial charge in [0, 0.05) is 0 Å². The first-order chi connectivity index (χ1) is 5.54. The van der Waals surface area contributed by atoms with Crippen molar-refractivity contribution in [2.45, 2.75) is 24.4 Å². The van der Waals surface area contributed by atoms with Gasteiger partial charge in [0.1, 0.15) is 24.4 Å². The number of aliphatic hydroxyl groups is 6. The summed E-state index contributed by atoms with van der Waals surface area (Å²) >= 11 is 0. The van der Waals surface area contributed by atoms with Gasteiger partial charge in [0.05, 0.1) is 13.2 Å². The van der Waals surface area contributed by atoms with Crippen molar-refractivity contribution >= 4 is 0 Å². The second kappa shape index (κ2) is 8.68. The Balaban J connectivity index is -0.000000605. The van der Waals surface area contributed by atoms with Crippen LogP contribution >= 0.6 is 0 Å². The minimum atomic E-state index is -1.67. The first kappa shape index (κ1) is 16.8. The third kappa shape index (κ3) is 5.75. The average molecular weight is 222 g/mol. The van der Waals surface area contributed by atoms with Crippen molar-refractivity contribution in [3.05, 3.63) is 0 Å². The van der Waals surface area contributed by atoms with E-state index < -0.39 is 37.6 Å². The van der Waals surface area contributed by atoms with Crippen LogP contribution in [0.2, 0.25) is 0 Å². The van der Waals surface area contributed by atoms with Crippen LogP contribution in [-0.2, 0) is 0 Å². The zero-order valence-electron chi connectivity index (χ0n) is 8.41. The summed E-state index contributed by atoms with van der Waals surface area (Å²) in [5, 5.41) is 52.2. The Kier molecular flexibility index (Phi) is 11.2. The van der Waals surface area contributed by atoms with Gasteiger partial charge in [-0.25, -0.2) is 0 Å². The van der Waals surface area contributed by atoms with Crippen molar-refractivity contribution in [3.63, 3.8) is 0 Å². The Morgan fingerprint density at radius 3 is 1.15 bits per heavy atom. The van der Waals surface area contributed by atoms with Crippen LogP contribution in [0.3, 0.4) is 0 Å². The predicted octanol–water partition coefficient (Wildman–Crippen LogP) is -6.47. The molecule has 0 aromatic heterocycles. The molecule has 0 unspecified atom stereocenters. The van der Waals surface area contributed by atoms with E-state index in [1.54, 1.807) is 0 Å². The van der Waals surface area contributed by atoms with E-state index >= 15 is 0 Å². The van der Waals surface area contributed by atoms with Crippen LogP contribution in [0.25, 0.3) is 0 Å². The Morgan fingerprint density at radius 1 is 0.769 bits per heavy atom. The van der Waals surface area contributed by atoms with Crippen molar-refractivity contribution in [2.75, 3.05) is 13.2 Å². The first-order valence-corrected chi connectivity index (χ1v) is 3.48. The molecule has 0 bridgehead atoms. The summed E-state index contributed by atoms with van der Waals surface area (Å²) in [6.07, 6.45) is -6.39. The third-order valence-corrected chi connectivity index (χ3v) is 1.51. The maximum absolute atomic E-state index is 8.96. The second-order valence-corrected chi connectivity index (χ2v) is 2.48. The molecule has 13 heavy (non-hydrogen) atoms. The molecular formula is C6H15KO6. The summed E-state index contributed by atoms with van der Waals surface area (Å²) in [5.74, 6) is 0. The van der Waals surface area contributed by atoms with E-state index in [9.17, 15) is 0 Å². The summed E-state index contributed by atoms with van der Waals surface area (Å²) in [4.78, 5) is 0. The van der Waals surface area contributed by atoms with Gasteiger partial charge in [-0.15, -0.1) is 0 Å². The molecule has 7 heteroatoms. The summed E-state index contributed by atoms with van der Waals surface area (Å²) in [6, 6.07) is 0. The van der Waals surface area contributed by atoms with E-state index in [1.165, 1.54) is 0 Å². The third-order valence-electron chi connectivity index (χ3n) is 1.51. The topological polar surface area (TPSA) is 121 Å². The Morgan fingerprint density at radius 2 is 1.00 bits per heavy atom. The van der Waals surface area contributed by atoms with E-state index in [0.29, 0.717) is 0 Å². The van der Waals surface area contributed by atoms with Crippen molar-refractivity contribution in [2.24, 2.45) is 0 Å². The number of hydrogen-bond donors (Lipinski definition) is 6. The normalized spacial score (nSPS) is 19.8. The smallest absolute Gasteiger partial charge is 1.00 e. The molecule has 0 spiro atoms. The Bertz CT molecular complexity index is 115. The molecule has 6 nitrogen and oxygen atoms in total. The molecule has 0 heterocycles. The number of rotatable bonds is 5. The Labute approximate surface area is 120 Å². The quantitative estimate of drug-likeness (QED) is 0.257. The standard InChI is InChI=1S/C6H14O6.K.H/c7-1-3(9)5(11)6(12)4(10)2-8;;/h3-12H,1-2H2;;/q;+1;-1/t3-,4-,5-,6-;;/m1../s1. The van der Waals surface area contributed by atoms with Gasteiger partial charge in [0.25, 0.3) is 0 Å². The molecule has 0 aromatic rings. The summed E-state index contributed by atoms with van der Waals surface area (Å²) < 4.78 is 0. The molecule has 0 aliphatic heterocycles. The van der Waals surface area contributed by atoms with Crippen LogP contribution in [0.5, 0.6) is 0 Å². The molecule has 0 saturated heterocycles. The molecular weight excluding hydrogens is 207 g/mol. The molecule has 0 radical (unpaired) electrons. The van der Waals surface area contributed by atoms with Crippen LogP contribution in [0.1, 0.15) is 1.43 Å². The van der Waals surface area contributed by atoms with E-state index in [2.05, 4.69) is 0 Å². The molecule has 0 fully saturated rings. The van der Waals surface area contributed by atoms with Gasteiger partial charge in [-0.05, 0) is 0 Å². The van der Waals surface area contributed by atoms with Crippen molar-refractivity contribution in [1.29, 1.82) is 0 Å². The largest absolute Gasteiger partial charge is 1.00 e. The molecule has 0 aromatic carbocycles. The molecule has 76 valence electrons. The van der Waals surface area contributed by atoms with Gasteiger partial charge in [-0.3, -0.25) is 0 Å². The fraction of sp³-hybridized carbons (Fsp3) is 1.00. The van der Waals surface area contributed by atoms with Crippen LogP contribution in [0, 0.1) is 0 Å². The summed E-state index contributed by atoms with van der Waals surface area (Å²) in [5.41, 5.74) is 0. The van der Waals surface area contributed by atoms with Gasteiger partial charge >= 0.3 is 51.4 Å². The van der Waals surface area contributed by atoms with Gasteiger partial charge in [0.2, 0.25) is 0 Å². The zero-order chi connectivity index (χ0) is 9.72. The molecule has 0 saturated carbocycles. The van der Waals surface area contributed by atoms with E-state index in [1.807, 2.05) is 0 Å². The molecule has 0 rings (SSSR count). The number of aliphatic hydroxyl groups excluding tert-OH is 6. The summed E-state index contributed by atoms with van der Waals surface area (Å²) in [7, 11) is 0.